The molecule has 1 saturated carbocycles. The number of thiophene rings is 1. The molecule has 3 aromatic rings. The first-order chi connectivity index (χ1) is 13.2. The maximum Gasteiger partial charge on any atom is 0.282 e. The van der Waals surface area contributed by atoms with E-state index in [-0.39, 0.29) is 11.7 Å². The fraction of sp³-hybridized carbons (Fsp3) is 0.316. The topological polar surface area (TPSA) is 58.1 Å². The number of rotatable bonds is 8. The zero-order chi connectivity index (χ0) is 18.6. The number of amides is 1. The van der Waals surface area contributed by atoms with Gasteiger partial charge in [-0.15, -0.1) is 10.2 Å². The van der Waals surface area contributed by atoms with Gasteiger partial charge in [-0.05, 0) is 52.9 Å². The van der Waals surface area contributed by atoms with E-state index in [1.54, 1.807) is 23.5 Å². The Morgan fingerprint density at radius 2 is 1.96 bits per heavy atom. The van der Waals surface area contributed by atoms with Crippen molar-refractivity contribution in [2.24, 2.45) is 0 Å². The summed E-state index contributed by atoms with van der Waals surface area (Å²) in [5.74, 6) is -0.541. The minimum atomic E-state index is -0.290. The second kappa shape index (κ2) is 8.24. The van der Waals surface area contributed by atoms with Crippen molar-refractivity contribution < 1.29 is 9.18 Å². The Morgan fingerprint density at radius 1 is 1.15 bits per heavy atom. The number of hydrogen-bond donors (Lipinski definition) is 1. The van der Waals surface area contributed by atoms with Crippen LogP contribution in [-0.4, -0.2) is 27.0 Å². The molecule has 0 spiro atoms. The third-order valence-corrected chi connectivity index (χ3v) is 6.03. The molecule has 1 aliphatic carbocycles. The van der Waals surface area contributed by atoms with Crippen molar-refractivity contribution in [2.75, 3.05) is 0 Å². The summed E-state index contributed by atoms with van der Waals surface area (Å²) < 4.78 is 12.9. The van der Waals surface area contributed by atoms with Gasteiger partial charge in [-0.2, -0.15) is 11.3 Å². The fourth-order valence-corrected chi connectivity index (χ4v) is 4.26. The van der Waals surface area contributed by atoms with Crippen molar-refractivity contribution in [2.45, 2.75) is 38.5 Å². The predicted molar refractivity (Wildman–Crippen MR) is 104 cm³/mol. The molecule has 5 nitrogen and oxygen atoms in total. The highest BCUT2D eigenvalue weighted by Gasteiger charge is 2.30. The number of aromatic nitrogens is 2. The Bertz CT molecular complexity index is 891. The quantitative estimate of drug-likeness (QED) is 0.622. The van der Waals surface area contributed by atoms with Crippen LogP contribution in [0.3, 0.4) is 0 Å². The molecule has 0 unspecified atom stereocenters. The molecular weight excluding hydrogens is 383 g/mol. The highest BCUT2D eigenvalue weighted by molar-refractivity contribution is 7.13. The normalized spacial score (nSPS) is 13.9. The van der Waals surface area contributed by atoms with Gasteiger partial charge in [-0.1, -0.05) is 23.5 Å². The molecule has 1 aliphatic rings. The molecule has 1 aromatic carbocycles. The SMILES string of the molecule is O=C(NCc1ccc(F)cc1)c1nnc(CN(Cc2ccsc2)C2CC2)s1. The summed E-state index contributed by atoms with van der Waals surface area (Å²) in [4.78, 5) is 14.7. The standard InChI is InChI=1S/C19H19FN4OS2/c20-15-3-1-13(2-4-15)9-21-18(25)19-23-22-17(27-19)11-24(16-5-6-16)10-14-7-8-26-12-14/h1-4,7-8,12,16H,5-6,9-11H2,(H,21,25). The monoisotopic (exact) mass is 402 g/mol. The van der Waals surface area contributed by atoms with Gasteiger partial charge < -0.3 is 5.32 Å². The third kappa shape index (κ3) is 4.97. The minimum Gasteiger partial charge on any atom is -0.346 e. The lowest BCUT2D eigenvalue weighted by atomic mass is 10.2. The van der Waals surface area contributed by atoms with Crippen molar-refractivity contribution in [3.05, 3.63) is 68.1 Å². The molecule has 27 heavy (non-hydrogen) atoms. The van der Waals surface area contributed by atoms with Crippen molar-refractivity contribution >= 4 is 28.6 Å². The molecule has 1 amide bonds. The van der Waals surface area contributed by atoms with E-state index in [0.717, 1.165) is 17.1 Å². The summed E-state index contributed by atoms with van der Waals surface area (Å²) in [6.45, 7) is 1.95. The van der Waals surface area contributed by atoms with Crippen LogP contribution in [0, 0.1) is 5.82 Å². The van der Waals surface area contributed by atoms with Crippen molar-refractivity contribution in [3.8, 4) is 0 Å². The number of carbonyl (C=O) groups is 1. The van der Waals surface area contributed by atoms with E-state index in [0.29, 0.717) is 24.1 Å². The van der Waals surface area contributed by atoms with E-state index >= 15 is 0 Å². The van der Waals surface area contributed by atoms with E-state index in [1.165, 1.54) is 41.9 Å². The van der Waals surface area contributed by atoms with E-state index < -0.39 is 0 Å². The molecule has 0 saturated heterocycles. The Morgan fingerprint density at radius 3 is 2.67 bits per heavy atom. The Labute approximate surface area is 164 Å². The van der Waals surface area contributed by atoms with Gasteiger partial charge in [-0.25, -0.2) is 4.39 Å². The summed E-state index contributed by atoms with van der Waals surface area (Å²) in [5, 5.41) is 16.5. The zero-order valence-corrected chi connectivity index (χ0v) is 16.2. The molecule has 2 heterocycles. The van der Waals surface area contributed by atoms with Crippen LogP contribution in [0.1, 0.15) is 38.8 Å². The second-order valence-corrected chi connectivity index (χ2v) is 8.42. The van der Waals surface area contributed by atoms with Crippen LogP contribution in [0.2, 0.25) is 0 Å². The Balaban J connectivity index is 1.34. The zero-order valence-electron chi connectivity index (χ0n) is 14.6. The summed E-state index contributed by atoms with van der Waals surface area (Å²) in [5.41, 5.74) is 2.15. The predicted octanol–water partition coefficient (Wildman–Crippen LogP) is 3.83. The first-order valence-electron chi connectivity index (χ1n) is 8.77. The van der Waals surface area contributed by atoms with Gasteiger partial charge in [0.15, 0.2) is 0 Å². The summed E-state index contributed by atoms with van der Waals surface area (Å²) in [7, 11) is 0. The van der Waals surface area contributed by atoms with Crippen LogP contribution in [0.15, 0.2) is 41.1 Å². The first kappa shape index (κ1) is 18.2. The van der Waals surface area contributed by atoms with Crippen molar-refractivity contribution in [1.29, 1.82) is 0 Å². The van der Waals surface area contributed by atoms with Gasteiger partial charge in [0.25, 0.3) is 5.91 Å². The number of carbonyl (C=O) groups excluding carboxylic acids is 1. The number of benzene rings is 1. The van der Waals surface area contributed by atoms with Gasteiger partial charge in [0, 0.05) is 19.1 Å². The van der Waals surface area contributed by atoms with Gasteiger partial charge in [-0.3, -0.25) is 9.69 Å². The lowest BCUT2D eigenvalue weighted by Crippen LogP contribution is -2.24. The highest BCUT2D eigenvalue weighted by Crippen LogP contribution is 2.30. The molecule has 140 valence electrons. The molecule has 2 aromatic heterocycles. The largest absolute Gasteiger partial charge is 0.346 e. The van der Waals surface area contributed by atoms with Crippen LogP contribution >= 0.6 is 22.7 Å². The van der Waals surface area contributed by atoms with Crippen molar-refractivity contribution in [3.63, 3.8) is 0 Å². The average Bonchev–Trinajstić information content (AvgIpc) is 3.19. The second-order valence-electron chi connectivity index (χ2n) is 6.58. The number of nitrogens with zero attached hydrogens (tertiary/aromatic N) is 3. The van der Waals surface area contributed by atoms with E-state index in [1.807, 2.05) is 0 Å². The lowest BCUT2D eigenvalue weighted by Gasteiger charge is -2.19. The summed E-state index contributed by atoms with van der Waals surface area (Å²) in [6.07, 6.45) is 2.43. The van der Waals surface area contributed by atoms with Gasteiger partial charge >= 0.3 is 0 Å². The molecule has 0 bridgehead atoms. The average molecular weight is 403 g/mol. The third-order valence-electron chi connectivity index (χ3n) is 4.39. The highest BCUT2D eigenvalue weighted by atomic mass is 32.1. The van der Waals surface area contributed by atoms with E-state index in [2.05, 4.69) is 37.2 Å². The van der Waals surface area contributed by atoms with Gasteiger partial charge in [0.1, 0.15) is 10.8 Å². The van der Waals surface area contributed by atoms with Crippen LogP contribution in [-0.2, 0) is 19.6 Å². The molecule has 8 heteroatoms. The molecule has 1 fully saturated rings. The van der Waals surface area contributed by atoms with Crippen molar-refractivity contribution in [1.82, 2.24) is 20.4 Å². The minimum absolute atomic E-state index is 0.251. The van der Waals surface area contributed by atoms with Gasteiger partial charge in [0.05, 0.1) is 6.54 Å². The fourth-order valence-electron chi connectivity index (χ4n) is 2.81. The number of hydrogen-bond acceptors (Lipinski definition) is 6. The van der Waals surface area contributed by atoms with Crippen LogP contribution in [0.5, 0.6) is 0 Å². The van der Waals surface area contributed by atoms with Crippen LogP contribution in [0.4, 0.5) is 4.39 Å². The first-order valence-corrected chi connectivity index (χ1v) is 10.5. The molecule has 0 aliphatic heterocycles. The Kier molecular flexibility index (Phi) is 5.56. The molecule has 1 N–H and O–H groups in total. The van der Waals surface area contributed by atoms with E-state index in [9.17, 15) is 9.18 Å². The number of halogens is 1. The Hall–Kier alpha value is -2.16. The lowest BCUT2D eigenvalue weighted by molar-refractivity contribution is 0.0950. The maximum atomic E-state index is 12.9. The molecular formula is C19H19FN4OS2. The summed E-state index contributed by atoms with van der Waals surface area (Å²) in [6, 6.07) is 8.81. The number of nitrogens with one attached hydrogen (secondary N) is 1. The van der Waals surface area contributed by atoms with Gasteiger partial charge in [0.2, 0.25) is 5.01 Å². The smallest absolute Gasteiger partial charge is 0.282 e. The van der Waals surface area contributed by atoms with Crippen LogP contribution in [0.25, 0.3) is 0 Å². The molecule has 4 rings (SSSR count). The summed E-state index contributed by atoms with van der Waals surface area (Å²) >= 11 is 3.04. The molecule has 0 radical (unpaired) electrons. The van der Waals surface area contributed by atoms with Crippen LogP contribution < -0.4 is 5.32 Å². The molecule has 0 atom stereocenters. The van der Waals surface area contributed by atoms with E-state index in [4.69, 9.17) is 0 Å². The maximum absolute atomic E-state index is 12.9.